The standard InChI is InChI=1S/C37H48N6O5S2/c1-24(2)33(42-36(46)43(5)20-29-22-49-35(40-29)25(3)4)34(45)39-28(16-26-12-8-6-9-13-26)18-32(44)31(17-27-14-10-7-11-15-27)41-37(47)48-21-30-19-38-23-50-30/h6-15,19,22-25,28,31-33,44H,16-18,20-21H2,1-5H3,(H,39,45)(H,41,47)(H,42,46)/t28-,31+,32+,33?/m0/s1. The number of urea groups is 1. The minimum atomic E-state index is -1.05. The summed E-state index contributed by atoms with van der Waals surface area (Å²) in [7, 11) is 1.68. The van der Waals surface area contributed by atoms with Crippen molar-refractivity contribution in [3.63, 3.8) is 0 Å². The van der Waals surface area contributed by atoms with Crippen LogP contribution < -0.4 is 16.0 Å². The Hall–Kier alpha value is -4.33. The van der Waals surface area contributed by atoms with Crippen LogP contribution in [0.25, 0.3) is 0 Å². The fourth-order valence-corrected chi connectivity index (χ4v) is 6.72. The molecule has 11 nitrogen and oxygen atoms in total. The molecule has 1 unspecified atom stereocenters. The normalized spacial score (nSPS) is 13.7. The van der Waals surface area contributed by atoms with Crippen LogP contribution in [0.3, 0.4) is 0 Å². The van der Waals surface area contributed by atoms with Gasteiger partial charge in [-0.15, -0.1) is 22.7 Å². The molecule has 0 aliphatic carbocycles. The lowest BCUT2D eigenvalue weighted by atomic mass is 9.93. The number of alkyl carbamates (subject to hydrolysis) is 1. The van der Waals surface area contributed by atoms with Crippen molar-refractivity contribution >= 4 is 40.7 Å². The first-order valence-corrected chi connectivity index (χ1v) is 18.6. The van der Waals surface area contributed by atoms with Crippen molar-refractivity contribution in [1.29, 1.82) is 0 Å². The first kappa shape index (κ1) is 38.5. The van der Waals surface area contributed by atoms with Gasteiger partial charge in [0.2, 0.25) is 5.91 Å². The molecule has 0 aliphatic rings. The lowest BCUT2D eigenvalue weighted by molar-refractivity contribution is -0.124. The van der Waals surface area contributed by atoms with Crippen LogP contribution in [-0.2, 0) is 35.5 Å². The van der Waals surface area contributed by atoms with E-state index in [4.69, 9.17) is 4.74 Å². The molecule has 0 spiro atoms. The Morgan fingerprint density at radius 3 is 2.14 bits per heavy atom. The van der Waals surface area contributed by atoms with E-state index in [1.165, 1.54) is 16.2 Å². The summed E-state index contributed by atoms with van der Waals surface area (Å²) >= 11 is 2.95. The lowest BCUT2D eigenvalue weighted by Gasteiger charge is -2.30. The zero-order valence-electron chi connectivity index (χ0n) is 29.2. The number of hydrogen-bond acceptors (Lipinski definition) is 9. The number of thiazole rings is 2. The molecule has 2 aromatic heterocycles. The Balaban J connectivity index is 1.46. The molecular formula is C37H48N6O5S2. The van der Waals surface area contributed by atoms with Crippen LogP contribution in [0.2, 0.25) is 0 Å². The smallest absolute Gasteiger partial charge is 0.407 e. The number of aromatic nitrogens is 2. The van der Waals surface area contributed by atoms with Crippen molar-refractivity contribution in [3.8, 4) is 0 Å². The fraction of sp³-hybridized carbons (Fsp3) is 0.432. The van der Waals surface area contributed by atoms with Gasteiger partial charge in [-0.3, -0.25) is 9.78 Å². The highest BCUT2D eigenvalue weighted by Crippen LogP contribution is 2.20. The minimum absolute atomic E-state index is 0.0671. The summed E-state index contributed by atoms with van der Waals surface area (Å²) in [4.78, 5) is 51.0. The summed E-state index contributed by atoms with van der Waals surface area (Å²) in [6, 6.07) is 16.8. The molecule has 268 valence electrons. The molecule has 0 saturated heterocycles. The van der Waals surface area contributed by atoms with E-state index >= 15 is 0 Å². The number of carbonyl (C=O) groups excluding carboxylic acids is 3. The van der Waals surface area contributed by atoms with E-state index in [2.05, 4.69) is 39.8 Å². The maximum atomic E-state index is 13.9. The largest absolute Gasteiger partial charge is 0.444 e. The highest BCUT2D eigenvalue weighted by molar-refractivity contribution is 7.09. The maximum absolute atomic E-state index is 13.9. The van der Waals surface area contributed by atoms with Crippen LogP contribution in [0.1, 0.15) is 66.7 Å². The SMILES string of the molecule is CC(C)c1nc(CN(C)C(=O)NC(C(=O)N[C@@H](Cc2ccccc2)C[C@@H](O)[C@@H](Cc2ccccc2)NC(=O)OCc2cncs2)C(C)C)cs1. The van der Waals surface area contributed by atoms with Gasteiger partial charge in [0.05, 0.1) is 39.8 Å². The third kappa shape index (κ3) is 12.2. The topological polar surface area (TPSA) is 146 Å². The van der Waals surface area contributed by atoms with E-state index in [1.807, 2.05) is 79.9 Å². The summed E-state index contributed by atoms with van der Waals surface area (Å²) in [6.07, 6.45) is 0.836. The van der Waals surface area contributed by atoms with Crippen LogP contribution in [0, 0.1) is 5.92 Å². The molecule has 2 aromatic carbocycles. The fourth-order valence-electron chi connectivity index (χ4n) is 5.39. The molecule has 4 rings (SSSR count). The number of aliphatic hydroxyl groups excluding tert-OH is 1. The second kappa shape index (κ2) is 19.2. The molecule has 4 aromatic rings. The number of nitrogens with one attached hydrogen (secondary N) is 3. The number of aliphatic hydroxyl groups is 1. The third-order valence-electron chi connectivity index (χ3n) is 8.13. The number of amides is 4. The Bertz CT molecular complexity index is 1620. The number of rotatable bonds is 17. The third-order valence-corrected chi connectivity index (χ3v) is 10.1. The second-order valence-corrected chi connectivity index (χ2v) is 14.9. The first-order chi connectivity index (χ1) is 24.0. The monoisotopic (exact) mass is 720 g/mol. The molecule has 0 bridgehead atoms. The molecule has 2 heterocycles. The van der Waals surface area contributed by atoms with Gasteiger partial charge in [0.15, 0.2) is 0 Å². The zero-order chi connectivity index (χ0) is 36.0. The number of benzene rings is 2. The van der Waals surface area contributed by atoms with Gasteiger partial charge in [-0.25, -0.2) is 14.6 Å². The molecule has 4 atom stereocenters. The molecule has 0 radical (unpaired) electrons. The van der Waals surface area contributed by atoms with Crippen molar-refractivity contribution in [2.24, 2.45) is 5.92 Å². The van der Waals surface area contributed by atoms with Crippen LogP contribution in [0.15, 0.2) is 77.8 Å². The van der Waals surface area contributed by atoms with Gasteiger partial charge in [-0.05, 0) is 36.3 Å². The number of nitrogens with zero attached hydrogens (tertiary/aromatic N) is 3. The predicted octanol–water partition coefficient (Wildman–Crippen LogP) is 5.91. The summed E-state index contributed by atoms with van der Waals surface area (Å²) in [5.41, 5.74) is 4.35. The van der Waals surface area contributed by atoms with Crippen LogP contribution in [-0.4, -0.2) is 69.3 Å². The van der Waals surface area contributed by atoms with Crippen LogP contribution in [0.4, 0.5) is 9.59 Å². The lowest BCUT2D eigenvalue weighted by Crippen LogP contribution is -2.55. The molecule has 0 fully saturated rings. The van der Waals surface area contributed by atoms with Crippen LogP contribution >= 0.6 is 22.7 Å². The second-order valence-electron chi connectivity index (χ2n) is 13.0. The van der Waals surface area contributed by atoms with E-state index in [1.54, 1.807) is 30.1 Å². The van der Waals surface area contributed by atoms with Gasteiger partial charge in [0.1, 0.15) is 12.6 Å². The van der Waals surface area contributed by atoms with Crippen molar-refractivity contribution in [2.75, 3.05) is 7.05 Å². The molecule has 4 amide bonds. The van der Waals surface area contributed by atoms with E-state index in [9.17, 15) is 19.5 Å². The van der Waals surface area contributed by atoms with Crippen molar-refractivity contribution in [3.05, 3.63) is 104 Å². The highest BCUT2D eigenvalue weighted by Gasteiger charge is 2.31. The van der Waals surface area contributed by atoms with Gasteiger partial charge in [0, 0.05) is 30.6 Å². The average Bonchev–Trinajstić information content (AvgIpc) is 3.79. The zero-order valence-corrected chi connectivity index (χ0v) is 30.9. The van der Waals surface area contributed by atoms with E-state index in [0.717, 1.165) is 26.7 Å². The molecule has 4 N–H and O–H groups in total. The molecule has 0 aliphatic heterocycles. The Labute approximate surface area is 302 Å². The summed E-state index contributed by atoms with van der Waals surface area (Å²) in [5.74, 6) is -0.277. The summed E-state index contributed by atoms with van der Waals surface area (Å²) in [6.45, 7) is 8.28. The summed E-state index contributed by atoms with van der Waals surface area (Å²) < 4.78 is 5.42. The van der Waals surface area contributed by atoms with Crippen molar-refractivity contribution in [1.82, 2.24) is 30.8 Å². The molecule has 50 heavy (non-hydrogen) atoms. The van der Waals surface area contributed by atoms with Crippen molar-refractivity contribution in [2.45, 2.75) is 90.3 Å². The van der Waals surface area contributed by atoms with Gasteiger partial charge < -0.3 is 30.7 Å². The maximum Gasteiger partial charge on any atom is 0.407 e. The molecule has 0 saturated carbocycles. The molecular weight excluding hydrogens is 673 g/mol. The Morgan fingerprint density at radius 1 is 0.900 bits per heavy atom. The predicted molar refractivity (Wildman–Crippen MR) is 197 cm³/mol. The van der Waals surface area contributed by atoms with Gasteiger partial charge >= 0.3 is 12.1 Å². The Morgan fingerprint density at radius 2 is 1.56 bits per heavy atom. The van der Waals surface area contributed by atoms with E-state index < -0.39 is 30.3 Å². The van der Waals surface area contributed by atoms with Gasteiger partial charge in [-0.2, -0.15) is 0 Å². The number of ether oxygens (including phenoxy) is 1. The molecule has 13 heteroatoms. The summed E-state index contributed by atoms with van der Waals surface area (Å²) in [5, 5.41) is 23.5. The number of carbonyl (C=O) groups is 3. The van der Waals surface area contributed by atoms with Crippen molar-refractivity contribution < 1.29 is 24.2 Å². The highest BCUT2D eigenvalue weighted by atomic mass is 32.1. The number of hydrogen-bond donors (Lipinski definition) is 4. The minimum Gasteiger partial charge on any atom is -0.444 e. The van der Waals surface area contributed by atoms with E-state index in [0.29, 0.717) is 25.3 Å². The quantitative estimate of drug-likeness (QED) is 0.106. The van der Waals surface area contributed by atoms with E-state index in [-0.39, 0.29) is 30.9 Å². The Kier molecular flexibility index (Phi) is 14.7. The van der Waals surface area contributed by atoms with Gasteiger partial charge in [0.25, 0.3) is 0 Å². The average molecular weight is 721 g/mol. The van der Waals surface area contributed by atoms with Crippen LogP contribution in [0.5, 0.6) is 0 Å². The van der Waals surface area contributed by atoms with Gasteiger partial charge in [-0.1, -0.05) is 88.4 Å². The first-order valence-electron chi connectivity index (χ1n) is 16.8.